The van der Waals surface area contributed by atoms with Crippen LogP contribution in [0.1, 0.15) is 29.8 Å². The summed E-state index contributed by atoms with van der Waals surface area (Å²) in [6, 6.07) is 8.29. The molecule has 5 nitrogen and oxygen atoms in total. The standard InChI is InChI=1S/C17H20N4O/c1-2-13-3-5-14(6-4-13)16(12-22)19-9-15-10-20-17-11-18-7-8-21(15)17/h3-8,10-11,16,19,22H,2,9,12H2,1H3. The number of rotatable bonds is 6. The minimum atomic E-state index is -0.0849. The van der Waals surface area contributed by atoms with Crippen LogP contribution in [-0.4, -0.2) is 26.1 Å². The van der Waals surface area contributed by atoms with Crippen molar-refractivity contribution in [2.45, 2.75) is 25.9 Å². The highest BCUT2D eigenvalue weighted by Crippen LogP contribution is 2.15. The minimum Gasteiger partial charge on any atom is -0.394 e. The van der Waals surface area contributed by atoms with E-state index in [2.05, 4.69) is 46.5 Å². The highest BCUT2D eigenvalue weighted by atomic mass is 16.3. The third-order valence-electron chi connectivity index (χ3n) is 3.90. The molecule has 0 spiro atoms. The van der Waals surface area contributed by atoms with Gasteiger partial charge in [-0.25, -0.2) is 4.98 Å². The van der Waals surface area contributed by atoms with Gasteiger partial charge in [0.2, 0.25) is 0 Å². The van der Waals surface area contributed by atoms with Gasteiger partial charge in [-0.2, -0.15) is 0 Å². The normalized spacial score (nSPS) is 12.6. The molecule has 0 amide bonds. The molecular formula is C17H20N4O. The maximum absolute atomic E-state index is 9.65. The van der Waals surface area contributed by atoms with Crippen LogP contribution in [0.2, 0.25) is 0 Å². The average molecular weight is 296 g/mol. The molecule has 5 heteroatoms. The number of aliphatic hydroxyl groups is 1. The molecule has 22 heavy (non-hydrogen) atoms. The summed E-state index contributed by atoms with van der Waals surface area (Å²) < 4.78 is 1.99. The zero-order valence-corrected chi connectivity index (χ0v) is 12.6. The summed E-state index contributed by atoms with van der Waals surface area (Å²) in [5.41, 5.74) is 4.26. The van der Waals surface area contributed by atoms with E-state index in [1.54, 1.807) is 12.4 Å². The number of hydrogen-bond donors (Lipinski definition) is 2. The number of nitrogens with one attached hydrogen (secondary N) is 1. The molecule has 0 saturated heterocycles. The quantitative estimate of drug-likeness (QED) is 0.731. The van der Waals surface area contributed by atoms with E-state index >= 15 is 0 Å². The molecule has 2 heterocycles. The number of aromatic nitrogens is 3. The SMILES string of the molecule is CCc1ccc(C(CO)NCc2cnc3cnccn23)cc1. The summed E-state index contributed by atoms with van der Waals surface area (Å²) in [6.07, 6.45) is 8.22. The van der Waals surface area contributed by atoms with E-state index in [1.807, 2.05) is 16.8 Å². The molecule has 2 aromatic heterocycles. The fourth-order valence-electron chi connectivity index (χ4n) is 2.53. The number of aliphatic hydroxyl groups excluding tert-OH is 1. The molecule has 3 aromatic rings. The fourth-order valence-corrected chi connectivity index (χ4v) is 2.53. The topological polar surface area (TPSA) is 62.5 Å². The lowest BCUT2D eigenvalue weighted by Crippen LogP contribution is -2.24. The molecular weight excluding hydrogens is 276 g/mol. The van der Waals surface area contributed by atoms with Crippen molar-refractivity contribution in [3.05, 3.63) is 65.9 Å². The van der Waals surface area contributed by atoms with E-state index in [1.165, 1.54) is 5.56 Å². The van der Waals surface area contributed by atoms with Gasteiger partial charge in [0.05, 0.1) is 30.7 Å². The van der Waals surface area contributed by atoms with Gasteiger partial charge in [-0.05, 0) is 17.5 Å². The summed E-state index contributed by atoms with van der Waals surface area (Å²) in [5, 5.41) is 13.0. The first kappa shape index (κ1) is 14.7. The second kappa shape index (κ2) is 6.68. The van der Waals surface area contributed by atoms with E-state index < -0.39 is 0 Å². The van der Waals surface area contributed by atoms with Crippen molar-refractivity contribution in [3.63, 3.8) is 0 Å². The molecule has 0 radical (unpaired) electrons. The Morgan fingerprint density at radius 1 is 1.23 bits per heavy atom. The van der Waals surface area contributed by atoms with Crippen LogP contribution in [0.3, 0.4) is 0 Å². The Morgan fingerprint density at radius 2 is 2.05 bits per heavy atom. The van der Waals surface area contributed by atoms with Gasteiger partial charge in [0.25, 0.3) is 0 Å². The van der Waals surface area contributed by atoms with Crippen LogP contribution < -0.4 is 5.32 Å². The smallest absolute Gasteiger partial charge is 0.155 e. The van der Waals surface area contributed by atoms with Gasteiger partial charge in [0.1, 0.15) is 0 Å². The third-order valence-corrected chi connectivity index (χ3v) is 3.90. The molecule has 3 rings (SSSR count). The van der Waals surface area contributed by atoms with Gasteiger partial charge in [-0.15, -0.1) is 0 Å². The second-order valence-electron chi connectivity index (χ2n) is 5.27. The van der Waals surface area contributed by atoms with E-state index in [-0.39, 0.29) is 12.6 Å². The first-order valence-electron chi connectivity index (χ1n) is 7.51. The fraction of sp³-hybridized carbons (Fsp3) is 0.294. The minimum absolute atomic E-state index is 0.0593. The number of hydrogen-bond acceptors (Lipinski definition) is 4. The Bertz CT molecular complexity index is 736. The van der Waals surface area contributed by atoms with E-state index in [9.17, 15) is 5.11 Å². The van der Waals surface area contributed by atoms with Crippen LogP contribution in [0, 0.1) is 0 Å². The van der Waals surface area contributed by atoms with Crippen LogP contribution in [0.25, 0.3) is 5.65 Å². The zero-order chi connectivity index (χ0) is 15.4. The molecule has 0 bridgehead atoms. The van der Waals surface area contributed by atoms with Crippen LogP contribution in [0.4, 0.5) is 0 Å². The molecule has 1 aromatic carbocycles. The van der Waals surface area contributed by atoms with E-state index in [0.717, 1.165) is 23.3 Å². The lowest BCUT2D eigenvalue weighted by Gasteiger charge is -2.17. The maximum Gasteiger partial charge on any atom is 0.155 e. The van der Waals surface area contributed by atoms with Crippen molar-refractivity contribution < 1.29 is 5.11 Å². The largest absolute Gasteiger partial charge is 0.394 e. The maximum atomic E-state index is 9.65. The molecule has 0 aliphatic carbocycles. The summed E-state index contributed by atoms with van der Waals surface area (Å²) in [5.74, 6) is 0. The number of benzene rings is 1. The zero-order valence-electron chi connectivity index (χ0n) is 12.6. The summed E-state index contributed by atoms with van der Waals surface area (Å²) in [7, 11) is 0. The monoisotopic (exact) mass is 296 g/mol. The summed E-state index contributed by atoms with van der Waals surface area (Å²) in [4.78, 5) is 8.37. The van der Waals surface area contributed by atoms with Crippen LogP contribution in [0.15, 0.2) is 49.1 Å². The average Bonchev–Trinajstić information content (AvgIpc) is 2.99. The Hall–Kier alpha value is -2.24. The van der Waals surface area contributed by atoms with Crippen LogP contribution in [0.5, 0.6) is 0 Å². The molecule has 0 saturated carbocycles. The van der Waals surface area contributed by atoms with Gasteiger partial charge < -0.3 is 10.4 Å². The first-order chi connectivity index (χ1) is 10.8. The van der Waals surface area contributed by atoms with Crippen molar-refractivity contribution in [2.24, 2.45) is 0 Å². The Kier molecular flexibility index (Phi) is 4.46. The Labute approximate surface area is 129 Å². The highest BCUT2D eigenvalue weighted by Gasteiger charge is 2.11. The van der Waals surface area contributed by atoms with Gasteiger partial charge in [-0.3, -0.25) is 9.38 Å². The highest BCUT2D eigenvalue weighted by molar-refractivity contribution is 5.37. The van der Waals surface area contributed by atoms with Gasteiger partial charge in [0.15, 0.2) is 5.65 Å². The lowest BCUT2D eigenvalue weighted by atomic mass is 10.0. The lowest BCUT2D eigenvalue weighted by molar-refractivity contribution is 0.243. The molecule has 1 atom stereocenters. The van der Waals surface area contributed by atoms with Crippen molar-refractivity contribution in [2.75, 3.05) is 6.61 Å². The Balaban J connectivity index is 1.72. The molecule has 0 fully saturated rings. The van der Waals surface area contributed by atoms with E-state index in [0.29, 0.717) is 6.54 Å². The Morgan fingerprint density at radius 3 is 2.77 bits per heavy atom. The second-order valence-corrected chi connectivity index (χ2v) is 5.27. The number of fused-ring (bicyclic) bond motifs is 1. The van der Waals surface area contributed by atoms with Crippen molar-refractivity contribution in [1.82, 2.24) is 19.7 Å². The van der Waals surface area contributed by atoms with Crippen molar-refractivity contribution in [3.8, 4) is 0 Å². The van der Waals surface area contributed by atoms with Crippen LogP contribution in [-0.2, 0) is 13.0 Å². The molecule has 1 unspecified atom stereocenters. The summed E-state index contributed by atoms with van der Waals surface area (Å²) >= 11 is 0. The van der Waals surface area contributed by atoms with Gasteiger partial charge >= 0.3 is 0 Å². The predicted molar refractivity (Wildman–Crippen MR) is 85.5 cm³/mol. The van der Waals surface area contributed by atoms with Gasteiger partial charge in [0, 0.05) is 18.9 Å². The number of imidazole rings is 1. The number of aryl methyl sites for hydroxylation is 1. The van der Waals surface area contributed by atoms with Crippen LogP contribution >= 0.6 is 0 Å². The van der Waals surface area contributed by atoms with E-state index in [4.69, 9.17) is 0 Å². The number of nitrogens with zero attached hydrogens (tertiary/aromatic N) is 3. The third kappa shape index (κ3) is 3.00. The molecule has 0 aliphatic rings. The van der Waals surface area contributed by atoms with Crippen molar-refractivity contribution in [1.29, 1.82) is 0 Å². The molecule has 114 valence electrons. The summed E-state index contributed by atoms with van der Waals surface area (Å²) in [6.45, 7) is 2.83. The molecule has 2 N–H and O–H groups in total. The van der Waals surface area contributed by atoms with Crippen molar-refractivity contribution >= 4 is 5.65 Å². The predicted octanol–water partition coefficient (Wildman–Crippen LogP) is 2.11. The van der Waals surface area contributed by atoms with Gasteiger partial charge in [-0.1, -0.05) is 31.2 Å². The first-order valence-corrected chi connectivity index (χ1v) is 7.51. The molecule has 0 aliphatic heterocycles.